The molecule has 0 aromatic heterocycles. The number of methoxy groups -OCH3 is 1. The highest BCUT2D eigenvalue weighted by Crippen LogP contribution is 2.66. The number of anilines is 1. The Hall–Kier alpha value is -7.08. The van der Waals surface area contributed by atoms with Crippen LogP contribution in [0.15, 0.2) is 146 Å². The first-order valence-electron chi connectivity index (χ1n) is 21.9. The third-order valence-electron chi connectivity index (χ3n) is 12.3. The van der Waals surface area contributed by atoms with Gasteiger partial charge < -0.3 is 29.4 Å². The molecule has 3 heterocycles. The summed E-state index contributed by atoms with van der Waals surface area (Å²) in [7, 11) is 3.44. The van der Waals surface area contributed by atoms with Crippen molar-refractivity contribution in [2.24, 2.45) is 5.92 Å². The van der Waals surface area contributed by atoms with E-state index < -0.39 is 59.4 Å². The third-order valence-corrected chi connectivity index (χ3v) is 12.3. The molecule has 0 unspecified atom stereocenters. The second-order valence-corrected chi connectivity index (χ2v) is 16.4. The number of carbonyl (C=O) groups excluding carboxylic acids is 4. The highest BCUT2D eigenvalue weighted by molar-refractivity contribution is 6.23. The van der Waals surface area contributed by atoms with Gasteiger partial charge in [0.1, 0.15) is 36.5 Å². The lowest BCUT2D eigenvalue weighted by atomic mass is 9.65. The Balaban J connectivity index is 1.38. The zero-order valence-corrected chi connectivity index (χ0v) is 36.9. The maximum atomic E-state index is 16.2. The van der Waals surface area contributed by atoms with Crippen LogP contribution >= 0.6 is 0 Å². The number of benzene rings is 5. The van der Waals surface area contributed by atoms with Gasteiger partial charge in [-0.05, 0) is 65.2 Å². The summed E-state index contributed by atoms with van der Waals surface area (Å²) in [6.07, 6.45) is -0.346. The summed E-state index contributed by atoms with van der Waals surface area (Å²) in [5, 5.41) is 12.5. The summed E-state index contributed by atoms with van der Waals surface area (Å²) < 4.78 is 23.1. The van der Waals surface area contributed by atoms with Gasteiger partial charge in [-0.25, -0.2) is 9.69 Å². The Kier molecular flexibility index (Phi) is 14.1. The number of cyclic esters (lactones) is 1. The van der Waals surface area contributed by atoms with Crippen molar-refractivity contribution in [2.75, 3.05) is 58.6 Å². The highest BCUT2D eigenvalue weighted by Gasteiger charge is 2.75. The first kappa shape index (κ1) is 45.5. The van der Waals surface area contributed by atoms with Crippen molar-refractivity contribution in [1.29, 1.82) is 0 Å². The molecule has 2 fully saturated rings. The number of hydrogen-bond acceptors (Lipinski definition) is 11. The van der Waals surface area contributed by atoms with E-state index in [0.717, 1.165) is 16.0 Å². The maximum Gasteiger partial charge on any atom is 0.421 e. The monoisotopic (exact) mass is 888 g/mol. The number of imide groups is 1. The average molecular weight is 889 g/mol. The van der Waals surface area contributed by atoms with Crippen LogP contribution in [0.25, 0.3) is 0 Å². The van der Waals surface area contributed by atoms with Crippen LogP contribution in [0, 0.1) is 17.8 Å². The smallest absolute Gasteiger partial charge is 0.421 e. The number of amides is 3. The number of ether oxygens (including phenoxy) is 4. The number of aliphatic hydroxyl groups excluding tert-OH is 1. The number of carbonyl (C=O) groups is 4. The van der Waals surface area contributed by atoms with Crippen molar-refractivity contribution < 1.29 is 43.2 Å². The van der Waals surface area contributed by atoms with Gasteiger partial charge in [0.05, 0.1) is 43.4 Å². The Labute approximate surface area is 384 Å². The molecule has 3 aliphatic rings. The summed E-state index contributed by atoms with van der Waals surface area (Å²) in [4.78, 5) is 66.0. The number of nitrogens with zero attached hydrogens (tertiary/aromatic N) is 3. The van der Waals surface area contributed by atoms with Crippen LogP contribution in [-0.2, 0) is 40.6 Å². The van der Waals surface area contributed by atoms with E-state index in [9.17, 15) is 9.90 Å². The Morgan fingerprint density at radius 2 is 1.55 bits per heavy atom. The molecule has 3 amide bonds. The molecule has 13 heteroatoms. The number of morpholine rings is 1. The molecule has 5 aromatic carbocycles. The van der Waals surface area contributed by atoms with Gasteiger partial charge in [-0.1, -0.05) is 121 Å². The van der Waals surface area contributed by atoms with Crippen LogP contribution in [0.5, 0.6) is 5.75 Å². The summed E-state index contributed by atoms with van der Waals surface area (Å²) >= 11 is 0. The van der Waals surface area contributed by atoms with Crippen molar-refractivity contribution in [3.63, 3.8) is 0 Å². The van der Waals surface area contributed by atoms with Crippen LogP contribution in [0.2, 0.25) is 0 Å². The minimum atomic E-state index is -1.99. The summed E-state index contributed by atoms with van der Waals surface area (Å²) in [6, 6.07) is 37.9. The quantitative estimate of drug-likeness (QED) is 0.0529. The lowest BCUT2D eigenvalue weighted by molar-refractivity contribution is -0.178. The first-order chi connectivity index (χ1) is 32.2. The zero-order valence-electron chi connectivity index (χ0n) is 36.9. The number of nitrogens with one attached hydrogen (secondary N) is 1. The van der Waals surface area contributed by atoms with Crippen molar-refractivity contribution in [1.82, 2.24) is 15.1 Å². The highest BCUT2D eigenvalue weighted by atomic mass is 16.6. The van der Waals surface area contributed by atoms with Crippen molar-refractivity contribution in [2.45, 2.75) is 36.2 Å². The van der Waals surface area contributed by atoms with Crippen LogP contribution in [0.3, 0.4) is 0 Å². The van der Waals surface area contributed by atoms with Crippen LogP contribution in [0.4, 0.5) is 10.5 Å². The summed E-state index contributed by atoms with van der Waals surface area (Å²) in [5.74, 6) is 3.43. The van der Waals surface area contributed by atoms with Gasteiger partial charge in [0.25, 0.3) is 0 Å². The second-order valence-electron chi connectivity index (χ2n) is 16.4. The Bertz CT molecular complexity index is 2600. The maximum absolute atomic E-state index is 16.2. The lowest BCUT2D eigenvalue weighted by Crippen LogP contribution is -2.55. The molecule has 2 saturated heterocycles. The van der Waals surface area contributed by atoms with E-state index in [1.54, 1.807) is 42.5 Å². The minimum absolute atomic E-state index is 0.0231. The van der Waals surface area contributed by atoms with E-state index in [-0.39, 0.29) is 38.7 Å². The van der Waals surface area contributed by atoms with E-state index >= 15 is 14.4 Å². The van der Waals surface area contributed by atoms with Crippen LogP contribution < -0.4 is 15.0 Å². The van der Waals surface area contributed by atoms with Gasteiger partial charge in [-0.3, -0.25) is 24.2 Å². The topological polar surface area (TPSA) is 147 Å². The molecule has 6 atom stereocenters. The van der Waals surface area contributed by atoms with Crippen LogP contribution in [0.1, 0.15) is 51.6 Å². The van der Waals surface area contributed by atoms with E-state index in [1.807, 2.05) is 90.8 Å². The Morgan fingerprint density at radius 1 is 0.864 bits per heavy atom. The molecule has 3 aliphatic heterocycles. The molecule has 0 bridgehead atoms. The predicted octanol–water partition coefficient (Wildman–Crippen LogP) is 6.29. The fraction of sp³-hybridized carbons (Fsp3) is 0.283. The van der Waals surface area contributed by atoms with E-state index in [4.69, 9.17) is 18.9 Å². The molecule has 8 rings (SSSR count). The molecular formula is C53H52N4O9. The molecular weight excluding hydrogens is 837 g/mol. The zero-order chi connectivity index (χ0) is 46.2. The Morgan fingerprint density at radius 3 is 2.21 bits per heavy atom. The van der Waals surface area contributed by atoms with Crippen LogP contribution in [-0.4, -0.2) is 98.5 Å². The molecule has 13 nitrogen and oxygen atoms in total. The van der Waals surface area contributed by atoms with Gasteiger partial charge >= 0.3 is 12.1 Å². The van der Waals surface area contributed by atoms with Gasteiger partial charge in [0.2, 0.25) is 11.8 Å². The van der Waals surface area contributed by atoms with Gasteiger partial charge in [0.15, 0.2) is 0 Å². The van der Waals surface area contributed by atoms with Crippen molar-refractivity contribution >= 4 is 29.6 Å². The minimum Gasteiger partial charge on any atom is -0.491 e. The third kappa shape index (κ3) is 8.71. The molecule has 0 saturated carbocycles. The average Bonchev–Trinajstić information content (AvgIpc) is 3.80. The van der Waals surface area contributed by atoms with E-state index in [2.05, 4.69) is 40.8 Å². The van der Waals surface area contributed by atoms with Gasteiger partial charge in [-0.2, -0.15) is 0 Å². The number of aliphatic hydroxyl groups is 1. The molecule has 2 N–H and O–H groups in total. The number of esters is 1. The van der Waals surface area contributed by atoms with Gasteiger partial charge in [-0.15, -0.1) is 6.58 Å². The lowest BCUT2D eigenvalue weighted by Gasteiger charge is -2.46. The summed E-state index contributed by atoms with van der Waals surface area (Å²) in [5.41, 5.74) is 2.19. The largest absolute Gasteiger partial charge is 0.491 e. The standard InChI is InChI=1S/C53H52N4O9/c1-4-28-54-49(59)44-46-50(60)66-47(39-20-12-7-13-21-39)45(38-18-10-6-11-19-38)57(46)48(40-23-25-41(26-24-40)64-31-30-58)53(44)42-34-36(17-14-29-55(2)35-37-15-8-5-9-16-37)22-27-43(42)56(51(53)61)52(62)65-33-32-63-3/h4-13,15-16,18-27,34,44-48,58H,1,28-33,35H2,2-3H3,(H,54,59)/t44-,45-,46-,47+,48+,53-/m1/s1. The predicted molar refractivity (Wildman–Crippen MR) is 247 cm³/mol. The fourth-order valence-corrected chi connectivity index (χ4v) is 9.66. The van der Waals surface area contributed by atoms with E-state index in [0.29, 0.717) is 41.1 Å². The number of fused-ring (bicyclic) bond motifs is 3. The van der Waals surface area contributed by atoms with Crippen molar-refractivity contribution in [3.8, 4) is 17.6 Å². The molecule has 1 spiro atoms. The normalized spacial score (nSPS) is 21.9. The number of hydrogen-bond donors (Lipinski definition) is 2. The second kappa shape index (κ2) is 20.4. The SMILES string of the molecule is C=CCNC(=O)[C@H]1[C@@H]2C(=O)O[C@@H](c3ccccc3)[C@@H](c3ccccc3)N2[C@@H](c2ccc(OCCO)cc2)[C@]12C(=O)N(C(=O)OCCOC)c1ccc(C#CCN(C)Cc3ccccc3)cc12. The fourth-order valence-electron chi connectivity index (χ4n) is 9.66. The molecule has 5 aromatic rings. The van der Waals surface area contributed by atoms with Crippen molar-refractivity contribution in [3.05, 3.63) is 179 Å². The summed E-state index contributed by atoms with van der Waals surface area (Å²) in [6.45, 7) is 4.68. The molecule has 0 aliphatic carbocycles. The number of rotatable bonds is 15. The molecule has 338 valence electrons. The first-order valence-corrected chi connectivity index (χ1v) is 21.9. The molecule has 66 heavy (non-hydrogen) atoms. The molecule has 0 radical (unpaired) electrons. The van der Waals surface area contributed by atoms with E-state index in [1.165, 1.54) is 13.2 Å². The van der Waals surface area contributed by atoms with Gasteiger partial charge in [0, 0.05) is 25.8 Å².